The molecule has 30 valence electrons. The molecular formula is H3BiPtSe2. The zero-order chi connectivity index (χ0) is 2.71. The molecule has 0 rings (SSSR count). The van der Waals surface area contributed by atoms with Gasteiger partial charge in [0, 0.05) is 0 Å². The van der Waals surface area contributed by atoms with Crippen LogP contribution >= 0.6 is 0 Å². The van der Waals surface area contributed by atoms with Crippen molar-refractivity contribution in [2.24, 2.45) is 0 Å². The molecule has 0 radical (unpaired) electrons. The molecule has 4 heavy (non-hydrogen) atoms. The summed E-state index contributed by atoms with van der Waals surface area (Å²) in [6.07, 6.45) is 0. The van der Waals surface area contributed by atoms with E-state index in [2.05, 4.69) is 25.6 Å². The maximum absolute atomic E-state index is 2.86. The summed E-state index contributed by atoms with van der Waals surface area (Å²) in [5.74, 6) is 0. The van der Waals surface area contributed by atoms with Crippen LogP contribution < -0.4 is 0 Å². The van der Waals surface area contributed by atoms with Crippen molar-refractivity contribution in [2.75, 3.05) is 0 Å². The Morgan fingerprint density at radius 1 is 1.25 bits per heavy atom. The Balaban J connectivity index is 0. The summed E-state index contributed by atoms with van der Waals surface area (Å²) in [5.41, 5.74) is 0. The molecule has 4 heteroatoms. The Morgan fingerprint density at radius 3 is 1.25 bits per heavy atom. The van der Waals surface area contributed by atoms with Gasteiger partial charge in [0.2, 0.25) is 0 Å². The van der Waals surface area contributed by atoms with Gasteiger partial charge in [-0.15, -0.1) is 0 Å². The molecular weight excluding hydrogens is 562 g/mol. The van der Waals surface area contributed by atoms with Crippen molar-refractivity contribution < 1.29 is 13.3 Å². The quantitative estimate of drug-likeness (QED) is 0.300. The van der Waals surface area contributed by atoms with E-state index in [1.54, 1.807) is 0 Å². The fourth-order valence-electron chi connectivity index (χ4n) is 0. The van der Waals surface area contributed by atoms with Gasteiger partial charge in [0.05, 0.1) is 0 Å². The Kier molecular flexibility index (Phi) is 22.4. The van der Waals surface area contributed by atoms with Crippen LogP contribution in [0, 0.1) is 0 Å². The molecule has 0 saturated carbocycles. The van der Waals surface area contributed by atoms with E-state index < -0.39 is 0 Å². The molecule has 0 amide bonds. The monoisotopic (exact) mass is 567 g/mol. The van der Waals surface area contributed by atoms with Crippen LogP contribution in [0.5, 0.6) is 0 Å². The van der Waals surface area contributed by atoms with Crippen LogP contribution in [0.25, 0.3) is 0 Å². The molecule has 0 N–H and O–H groups in total. The third kappa shape index (κ3) is 8.82. The van der Waals surface area contributed by atoms with Gasteiger partial charge < -0.3 is 0 Å². The van der Waals surface area contributed by atoms with Crippen LogP contribution in [-0.4, -0.2) is 51.8 Å². The van der Waals surface area contributed by atoms with Gasteiger partial charge in [0.25, 0.3) is 0 Å². The SMILES string of the molecule is [BiH3].[Se]=[Pt]=[Se]. The van der Waals surface area contributed by atoms with Crippen molar-refractivity contribution in [1.29, 1.82) is 0 Å². The Bertz CT molecular complexity index is 27.0. The van der Waals surface area contributed by atoms with Gasteiger partial charge in [0.15, 0.2) is 0 Å². The number of hydrogen-bond acceptors (Lipinski definition) is 0. The van der Waals surface area contributed by atoms with Crippen LogP contribution in [0.15, 0.2) is 0 Å². The molecule has 0 spiro atoms. The van der Waals surface area contributed by atoms with Crippen molar-refractivity contribution in [1.82, 2.24) is 0 Å². The molecule has 0 aliphatic heterocycles. The van der Waals surface area contributed by atoms with Gasteiger partial charge in [-0.05, 0) is 0 Å². The second-order valence-electron chi connectivity index (χ2n) is 0.0527. The second kappa shape index (κ2) is 9.15. The van der Waals surface area contributed by atoms with E-state index in [0.717, 1.165) is 0 Å². The van der Waals surface area contributed by atoms with Gasteiger partial charge in [0.1, 0.15) is 0 Å². The maximum atomic E-state index is 2.86. The molecule has 0 aliphatic rings. The molecule has 0 saturated heterocycles. The third-order valence-electron chi connectivity index (χ3n) is 0. The van der Waals surface area contributed by atoms with E-state index in [1.165, 1.54) is 0 Å². The van der Waals surface area contributed by atoms with Crippen molar-refractivity contribution in [3.8, 4) is 0 Å². The standard InChI is InChI=1S/Bi.Pt.2Se.3H. The van der Waals surface area contributed by atoms with E-state index in [4.69, 9.17) is 0 Å². The molecule has 0 nitrogen and oxygen atoms in total. The normalized spacial score (nSPS) is 5.00. The van der Waals surface area contributed by atoms with Gasteiger partial charge in [-0.2, -0.15) is 0 Å². The van der Waals surface area contributed by atoms with E-state index >= 15 is 0 Å². The van der Waals surface area contributed by atoms with Crippen LogP contribution in [0.3, 0.4) is 0 Å². The third-order valence-corrected chi connectivity index (χ3v) is 0. The fraction of sp³-hybridized carbons (Fsp3) is 0. The number of hydrogen-bond donors (Lipinski definition) is 0. The summed E-state index contributed by atoms with van der Waals surface area (Å²) in [6.45, 7) is 0. The fourth-order valence-corrected chi connectivity index (χ4v) is 0. The zero-order valence-corrected chi connectivity index (χ0v) is 13.0. The van der Waals surface area contributed by atoms with Crippen LogP contribution in [-0.2, 0) is 13.3 Å². The van der Waals surface area contributed by atoms with Crippen LogP contribution in [0.4, 0.5) is 0 Å². The predicted molar refractivity (Wildman–Crippen MR) is 21.4 cm³/mol. The summed E-state index contributed by atoms with van der Waals surface area (Å²) < 4.78 is 0. The first-order chi connectivity index (χ1) is 1.41. The molecule has 0 heterocycles. The molecule has 0 aromatic heterocycles. The first-order valence-corrected chi connectivity index (χ1v) is 11.0. The van der Waals surface area contributed by atoms with Crippen molar-refractivity contribution >= 4 is 51.8 Å². The van der Waals surface area contributed by atoms with Gasteiger partial charge in [-0.25, -0.2) is 0 Å². The molecule has 0 unspecified atom stereocenters. The molecule has 0 aromatic carbocycles. The van der Waals surface area contributed by atoms with Gasteiger partial charge in [-0.1, -0.05) is 0 Å². The van der Waals surface area contributed by atoms with E-state index in [-0.39, 0.29) is 26.2 Å². The van der Waals surface area contributed by atoms with Crippen LogP contribution in [0.1, 0.15) is 0 Å². The molecule has 0 atom stereocenters. The Labute approximate surface area is 63.9 Å². The Morgan fingerprint density at radius 2 is 1.25 bits per heavy atom. The summed E-state index contributed by atoms with van der Waals surface area (Å²) in [7, 11) is 0. The molecule has 0 fully saturated rings. The van der Waals surface area contributed by atoms with E-state index in [0.29, 0.717) is 13.3 Å². The minimum absolute atomic E-state index is 0. The van der Waals surface area contributed by atoms with Gasteiger partial charge in [-0.3, -0.25) is 0 Å². The van der Waals surface area contributed by atoms with Crippen molar-refractivity contribution in [3.05, 3.63) is 0 Å². The minimum atomic E-state index is 0. The van der Waals surface area contributed by atoms with Crippen molar-refractivity contribution in [2.45, 2.75) is 0 Å². The molecule has 0 bridgehead atoms. The molecule has 0 aromatic rings. The predicted octanol–water partition coefficient (Wildman–Crippen LogP) is -1.95. The van der Waals surface area contributed by atoms with E-state index in [9.17, 15) is 0 Å². The first-order valence-electron chi connectivity index (χ1n) is 0.258. The first kappa shape index (κ1) is 9.79. The van der Waals surface area contributed by atoms with E-state index in [1.807, 2.05) is 0 Å². The second-order valence-corrected chi connectivity index (χ2v) is 11.6. The van der Waals surface area contributed by atoms with Crippen LogP contribution in [0.2, 0.25) is 0 Å². The number of rotatable bonds is 0. The Hall–Kier alpha value is 2.61. The van der Waals surface area contributed by atoms with Gasteiger partial charge >= 0.3 is 65.1 Å². The summed E-state index contributed by atoms with van der Waals surface area (Å²) in [5, 5.41) is 0. The average molecular weight is 565 g/mol. The summed E-state index contributed by atoms with van der Waals surface area (Å²) in [6, 6.07) is 0. The summed E-state index contributed by atoms with van der Waals surface area (Å²) >= 11 is 6.06. The average Bonchev–Trinajstić information content (AvgIpc) is 0.918. The molecule has 0 aliphatic carbocycles. The topological polar surface area (TPSA) is 0 Å². The summed E-state index contributed by atoms with van der Waals surface area (Å²) in [4.78, 5) is 0. The van der Waals surface area contributed by atoms with Crippen molar-refractivity contribution in [3.63, 3.8) is 0 Å². The zero-order valence-electron chi connectivity index (χ0n) is 1.84.